The SMILES string of the molecule is O=C(CCN1CCC(C(=O)NCCc2cccs2)CC1)Nc1cc(Cl)ccc1Cl. The molecule has 1 aliphatic heterocycles. The molecular formula is C21H25Cl2N3O2S. The first kappa shape index (κ1) is 22.1. The fraction of sp³-hybridized carbons (Fsp3) is 0.429. The number of carbonyl (C=O) groups is 2. The second kappa shape index (κ2) is 11.0. The van der Waals surface area contributed by atoms with Crippen LogP contribution in [0.15, 0.2) is 35.7 Å². The van der Waals surface area contributed by atoms with E-state index in [-0.39, 0.29) is 17.7 Å². The standard InChI is InChI=1S/C21H25Cl2N3O2S/c22-16-3-4-18(23)19(14-16)25-20(27)8-12-26-10-6-15(7-11-26)21(28)24-9-5-17-2-1-13-29-17/h1-4,13-15H,5-12H2,(H,24,28)(H,25,27). The summed E-state index contributed by atoms with van der Waals surface area (Å²) in [7, 11) is 0. The van der Waals surface area contributed by atoms with Crippen LogP contribution in [0.4, 0.5) is 5.69 Å². The van der Waals surface area contributed by atoms with Crippen molar-refractivity contribution in [3.63, 3.8) is 0 Å². The third-order valence-corrected chi connectivity index (χ3v) is 6.57. The highest BCUT2D eigenvalue weighted by Gasteiger charge is 2.24. The van der Waals surface area contributed by atoms with E-state index in [1.807, 2.05) is 6.07 Å². The van der Waals surface area contributed by atoms with E-state index in [2.05, 4.69) is 27.0 Å². The third kappa shape index (κ3) is 7.00. The van der Waals surface area contributed by atoms with Crippen molar-refractivity contribution < 1.29 is 9.59 Å². The van der Waals surface area contributed by atoms with Gasteiger partial charge in [0.15, 0.2) is 0 Å². The molecule has 2 amide bonds. The summed E-state index contributed by atoms with van der Waals surface area (Å²) >= 11 is 13.7. The number of halogens is 2. The highest BCUT2D eigenvalue weighted by Crippen LogP contribution is 2.25. The number of benzene rings is 1. The Hall–Kier alpha value is -1.60. The molecule has 0 bridgehead atoms. The zero-order valence-electron chi connectivity index (χ0n) is 16.1. The zero-order valence-corrected chi connectivity index (χ0v) is 18.5. The Morgan fingerprint density at radius 3 is 2.69 bits per heavy atom. The lowest BCUT2D eigenvalue weighted by molar-refractivity contribution is -0.126. The van der Waals surface area contributed by atoms with Crippen LogP contribution in [0.5, 0.6) is 0 Å². The Morgan fingerprint density at radius 1 is 1.17 bits per heavy atom. The molecule has 0 saturated carbocycles. The fourth-order valence-electron chi connectivity index (χ4n) is 3.39. The summed E-state index contributed by atoms with van der Waals surface area (Å²) in [4.78, 5) is 28.1. The molecule has 2 heterocycles. The van der Waals surface area contributed by atoms with Gasteiger partial charge in [0.1, 0.15) is 0 Å². The van der Waals surface area contributed by atoms with Crippen LogP contribution in [0, 0.1) is 5.92 Å². The van der Waals surface area contributed by atoms with Gasteiger partial charge in [0.05, 0.1) is 10.7 Å². The molecule has 2 N–H and O–H groups in total. The van der Waals surface area contributed by atoms with Crippen molar-refractivity contribution in [3.8, 4) is 0 Å². The van der Waals surface area contributed by atoms with Crippen molar-refractivity contribution >= 4 is 52.0 Å². The van der Waals surface area contributed by atoms with Gasteiger partial charge in [-0.15, -0.1) is 11.3 Å². The maximum absolute atomic E-state index is 12.3. The van der Waals surface area contributed by atoms with Crippen molar-refractivity contribution in [2.24, 2.45) is 5.92 Å². The van der Waals surface area contributed by atoms with Crippen molar-refractivity contribution in [2.45, 2.75) is 25.7 Å². The average molecular weight is 454 g/mol. The molecule has 0 aliphatic carbocycles. The van der Waals surface area contributed by atoms with Gasteiger partial charge in [-0.05, 0) is 62.0 Å². The van der Waals surface area contributed by atoms with Gasteiger partial charge >= 0.3 is 0 Å². The molecule has 1 aliphatic rings. The van der Waals surface area contributed by atoms with Gasteiger partial charge in [-0.3, -0.25) is 9.59 Å². The van der Waals surface area contributed by atoms with Crippen LogP contribution in [0.2, 0.25) is 10.0 Å². The van der Waals surface area contributed by atoms with E-state index < -0.39 is 0 Å². The van der Waals surface area contributed by atoms with E-state index in [1.165, 1.54) is 4.88 Å². The summed E-state index contributed by atoms with van der Waals surface area (Å²) in [5, 5.41) is 8.91. The van der Waals surface area contributed by atoms with Gasteiger partial charge in [-0.2, -0.15) is 0 Å². The lowest BCUT2D eigenvalue weighted by atomic mass is 9.95. The van der Waals surface area contributed by atoms with Crippen molar-refractivity contribution in [1.29, 1.82) is 0 Å². The van der Waals surface area contributed by atoms with E-state index in [9.17, 15) is 9.59 Å². The smallest absolute Gasteiger partial charge is 0.225 e. The first-order valence-electron chi connectivity index (χ1n) is 9.78. The first-order valence-corrected chi connectivity index (χ1v) is 11.4. The number of anilines is 1. The molecule has 8 heteroatoms. The molecule has 3 rings (SSSR count). The lowest BCUT2D eigenvalue weighted by Crippen LogP contribution is -2.41. The van der Waals surface area contributed by atoms with Crippen LogP contribution >= 0.6 is 34.5 Å². The number of nitrogens with zero attached hydrogens (tertiary/aromatic N) is 1. The second-order valence-electron chi connectivity index (χ2n) is 7.16. The average Bonchev–Trinajstić information content (AvgIpc) is 3.23. The van der Waals surface area contributed by atoms with Crippen LogP contribution in [0.3, 0.4) is 0 Å². The second-order valence-corrected chi connectivity index (χ2v) is 9.03. The number of thiophene rings is 1. The Balaban J connectivity index is 1.33. The molecule has 0 radical (unpaired) electrons. The van der Waals surface area contributed by atoms with E-state index in [1.54, 1.807) is 29.5 Å². The van der Waals surface area contributed by atoms with E-state index in [0.29, 0.717) is 35.2 Å². The quantitative estimate of drug-likeness (QED) is 0.620. The summed E-state index contributed by atoms with van der Waals surface area (Å²) in [6.45, 7) is 3.00. The van der Waals surface area contributed by atoms with Gasteiger partial charge in [0, 0.05) is 35.3 Å². The first-order chi connectivity index (χ1) is 14.0. The summed E-state index contributed by atoms with van der Waals surface area (Å²) in [6, 6.07) is 9.11. The molecule has 1 aromatic carbocycles. The molecule has 1 saturated heterocycles. The van der Waals surface area contributed by atoms with Crippen molar-refractivity contribution in [2.75, 3.05) is 31.5 Å². The molecular weight excluding hydrogens is 429 g/mol. The van der Waals surface area contributed by atoms with Crippen LogP contribution < -0.4 is 10.6 Å². The van der Waals surface area contributed by atoms with Crippen LogP contribution in [-0.2, 0) is 16.0 Å². The number of nitrogens with one attached hydrogen (secondary N) is 2. The minimum Gasteiger partial charge on any atom is -0.355 e. The molecule has 0 spiro atoms. The van der Waals surface area contributed by atoms with Crippen LogP contribution in [-0.4, -0.2) is 42.9 Å². The summed E-state index contributed by atoms with van der Waals surface area (Å²) in [6.07, 6.45) is 2.91. The molecule has 156 valence electrons. The number of likely N-dealkylation sites (tertiary alicyclic amines) is 1. The normalized spacial score (nSPS) is 15.2. The number of amides is 2. The maximum Gasteiger partial charge on any atom is 0.225 e. The molecule has 2 aromatic rings. The number of piperidine rings is 1. The predicted octanol–water partition coefficient (Wildman–Crippen LogP) is 4.45. The van der Waals surface area contributed by atoms with Gasteiger partial charge in [-0.1, -0.05) is 29.3 Å². The third-order valence-electron chi connectivity index (χ3n) is 5.07. The van der Waals surface area contributed by atoms with Crippen molar-refractivity contribution in [1.82, 2.24) is 10.2 Å². The molecule has 1 fully saturated rings. The largest absolute Gasteiger partial charge is 0.355 e. The topological polar surface area (TPSA) is 61.4 Å². The minimum absolute atomic E-state index is 0.0636. The summed E-state index contributed by atoms with van der Waals surface area (Å²) in [5.74, 6) is 0.117. The number of rotatable bonds is 8. The van der Waals surface area contributed by atoms with Gasteiger partial charge in [0.25, 0.3) is 0 Å². The molecule has 5 nitrogen and oxygen atoms in total. The highest BCUT2D eigenvalue weighted by atomic mass is 35.5. The van der Waals surface area contributed by atoms with E-state index in [4.69, 9.17) is 23.2 Å². The molecule has 29 heavy (non-hydrogen) atoms. The predicted molar refractivity (Wildman–Crippen MR) is 120 cm³/mol. The van der Waals surface area contributed by atoms with E-state index in [0.717, 1.165) is 32.4 Å². The van der Waals surface area contributed by atoms with Gasteiger partial charge in [-0.25, -0.2) is 0 Å². The summed E-state index contributed by atoms with van der Waals surface area (Å²) in [5.41, 5.74) is 0.530. The molecule has 0 unspecified atom stereocenters. The Kier molecular flexibility index (Phi) is 8.36. The number of hydrogen-bond donors (Lipinski definition) is 2. The highest BCUT2D eigenvalue weighted by molar-refractivity contribution is 7.09. The fourth-order valence-corrected chi connectivity index (χ4v) is 4.44. The molecule has 1 aromatic heterocycles. The minimum atomic E-state index is -0.0948. The number of carbonyl (C=O) groups excluding carboxylic acids is 2. The molecule has 0 atom stereocenters. The van der Waals surface area contributed by atoms with Crippen LogP contribution in [0.1, 0.15) is 24.1 Å². The number of hydrogen-bond acceptors (Lipinski definition) is 4. The maximum atomic E-state index is 12.3. The Morgan fingerprint density at radius 2 is 1.97 bits per heavy atom. The van der Waals surface area contributed by atoms with Gasteiger partial charge in [0.2, 0.25) is 11.8 Å². The Labute approximate surface area is 185 Å². The van der Waals surface area contributed by atoms with E-state index >= 15 is 0 Å². The zero-order chi connectivity index (χ0) is 20.6. The summed E-state index contributed by atoms with van der Waals surface area (Å²) < 4.78 is 0. The Bertz CT molecular complexity index is 821. The van der Waals surface area contributed by atoms with Gasteiger partial charge < -0.3 is 15.5 Å². The van der Waals surface area contributed by atoms with Crippen molar-refractivity contribution in [3.05, 3.63) is 50.6 Å². The van der Waals surface area contributed by atoms with Crippen LogP contribution in [0.25, 0.3) is 0 Å². The lowest BCUT2D eigenvalue weighted by Gasteiger charge is -2.31. The monoisotopic (exact) mass is 453 g/mol.